The van der Waals surface area contributed by atoms with Crippen LogP contribution in [0.25, 0.3) is 11.4 Å². The van der Waals surface area contributed by atoms with Crippen molar-refractivity contribution in [3.8, 4) is 17.1 Å². The first-order chi connectivity index (χ1) is 12.3. The lowest BCUT2D eigenvalue weighted by Crippen LogP contribution is -2.00. The third-order valence-corrected chi connectivity index (χ3v) is 4.36. The Labute approximate surface area is 147 Å². The molecule has 0 radical (unpaired) electrons. The minimum atomic E-state index is 0.567. The summed E-state index contributed by atoms with van der Waals surface area (Å²) in [6.45, 7) is 0.567. The minimum Gasteiger partial charge on any atom is -0.489 e. The Morgan fingerprint density at radius 1 is 1.00 bits per heavy atom. The molecule has 1 fully saturated rings. The molecule has 25 heavy (non-hydrogen) atoms. The summed E-state index contributed by atoms with van der Waals surface area (Å²) in [5.74, 6) is 3.08. The van der Waals surface area contributed by atoms with Crippen LogP contribution >= 0.6 is 0 Å². The zero-order chi connectivity index (χ0) is 17.1. The first kappa shape index (κ1) is 15.6. The molecule has 0 bridgehead atoms. The van der Waals surface area contributed by atoms with E-state index in [1.165, 1.54) is 12.8 Å². The Hall–Kier alpha value is -2.88. The summed E-state index contributed by atoms with van der Waals surface area (Å²) in [6.07, 6.45) is 2.46. The molecule has 4 heteroatoms. The molecular formula is C21H21N3O. The van der Waals surface area contributed by atoms with Crippen molar-refractivity contribution in [1.29, 1.82) is 0 Å². The van der Waals surface area contributed by atoms with Gasteiger partial charge in [-0.25, -0.2) is 9.97 Å². The van der Waals surface area contributed by atoms with Gasteiger partial charge in [0.15, 0.2) is 5.82 Å². The van der Waals surface area contributed by atoms with Gasteiger partial charge in [0.1, 0.15) is 18.2 Å². The van der Waals surface area contributed by atoms with Crippen LogP contribution in [0.15, 0.2) is 60.7 Å². The highest BCUT2D eigenvalue weighted by molar-refractivity contribution is 5.59. The van der Waals surface area contributed by atoms with Gasteiger partial charge >= 0.3 is 0 Å². The first-order valence-electron chi connectivity index (χ1n) is 8.66. The normalized spacial score (nSPS) is 13.5. The molecule has 0 unspecified atom stereocenters. The highest BCUT2D eigenvalue weighted by atomic mass is 16.5. The highest BCUT2D eigenvalue weighted by Gasteiger charge is 2.26. The van der Waals surface area contributed by atoms with Crippen molar-refractivity contribution in [2.24, 2.45) is 0 Å². The predicted octanol–water partition coefficient (Wildman–Crippen LogP) is 4.64. The molecule has 0 saturated heterocycles. The van der Waals surface area contributed by atoms with E-state index in [0.717, 1.165) is 34.2 Å². The smallest absolute Gasteiger partial charge is 0.161 e. The summed E-state index contributed by atoms with van der Waals surface area (Å²) in [5, 5.41) is 3.13. The van der Waals surface area contributed by atoms with Crippen molar-refractivity contribution >= 4 is 5.82 Å². The van der Waals surface area contributed by atoms with E-state index in [1.807, 2.05) is 49.5 Å². The third-order valence-electron chi connectivity index (χ3n) is 4.36. The van der Waals surface area contributed by atoms with Crippen molar-refractivity contribution in [2.45, 2.75) is 25.4 Å². The Morgan fingerprint density at radius 2 is 1.76 bits per heavy atom. The van der Waals surface area contributed by atoms with Gasteiger partial charge in [0, 0.05) is 30.3 Å². The Kier molecular flexibility index (Phi) is 4.34. The van der Waals surface area contributed by atoms with Crippen LogP contribution in [0.4, 0.5) is 5.82 Å². The van der Waals surface area contributed by atoms with E-state index in [4.69, 9.17) is 9.72 Å². The molecule has 1 N–H and O–H groups in total. The quantitative estimate of drug-likeness (QED) is 0.715. The summed E-state index contributed by atoms with van der Waals surface area (Å²) in [4.78, 5) is 9.34. The van der Waals surface area contributed by atoms with Gasteiger partial charge in [0.25, 0.3) is 0 Å². The molecule has 2 aromatic carbocycles. The van der Waals surface area contributed by atoms with Crippen LogP contribution in [0, 0.1) is 0 Å². The molecule has 0 atom stereocenters. The molecule has 4 rings (SSSR count). The van der Waals surface area contributed by atoms with E-state index in [0.29, 0.717) is 12.5 Å². The van der Waals surface area contributed by atoms with Gasteiger partial charge in [-0.2, -0.15) is 0 Å². The number of aromatic nitrogens is 2. The van der Waals surface area contributed by atoms with Gasteiger partial charge in [0.2, 0.25) is 0 Å². The second-order valence-corrected chi connectivity index (χ2v) is 6.32. The molecule has 0 spiro atoms. The molecule has 0 amide bonds. The molecule has 1 aliphatic rings. The predicted molar refractivity (Wildman–Crippen MR) is 99.8 cm³/mol. The monoisotopic (exact) mass is 331 g/mol. The summed E-state index contributed by atoms with van der Waals surface area (Å²) in [6, 6.07) is 20.2. The molecular weight excluding hydrogens is 310 g/mol. The van der Waals surface area contributed by atoms with Crippen LogP contribution in [0.2, 0.25) is 0 Å². The zero-order valence-electron chi connectivity index (χ0n) is 14.3. The van der Waals surface area contributed by atoms with Crippen molar-refractivity contribution in [3.63, 3.8) is 0 Å². The molecule has 0 aliphatic heterocycles. The first-order valence-corrected chi connectivity index (χ1v) is 8.66. The molecule has 1 aromatic heterocycles. The highest BCUT2D eigenvalue weighted by Crippen LogP contribution is 2.40. The van der Waals surface area contributed by atoms with Crippen molar-refractivity contribution in [1.82, 2.24) is 9.97 Å². The topological polar surface area (TPSA) is 47.0 Å². The Morgan fingerprint density at radius 3 is 2.44 bits per heavy atom. The number of hydrogen-bond acceptors (Lipinski definition) is 4. The van der Waals surface area contributed by atoms with E-state index in [9.17, 15) is 0 Å². The van der Waals surface area contributed by atoms with Crippen LogP contribution in [-0.2, 0) is 6.61 Å². The number of hydrogen-bond donors (Lipinski definition) is 1. The van der Waals surface area contributed by atoms with Gasteiger partial charge in [0.05, 0.1) is 0 Å². The maximum Gasteiger partial charge on any atom is 0.161 e. The number of rotatable bonds is 6. The lowest BCUT2D eigenvalue weighted by Gasteiger charge is -2.09. The number of nitrogens with zero attached hydrogens (tertiary/aromatic N) is 2. The average molecular weight is 331 g/mol. The van der Waals surface area contributed by atoms with Crippen LogP contribution < -0.4 is 10.1 Å². The average Bonchev–Trinajstić information content (AvgIpc) is 3.52. The molecule has 4 nitrogen and oxygen atoms in total. The summed E-state index contributed by atoms with van der Waals surface area (Å²) in [5.41, 5.74) is 3.30. The van der Waals surface area contributed by atoms with Crippen LogP contribution in [0.5, 0.6) is 5.75 Å². The van der Waals surface area contributed by atoms with Crippen LogP contribution in [0.3, 0.4) is 0 Å². The standard InChI is InChI=1S/C21H21N3O/c1-22-20-13-19(16-7-8-16)23-21(24-20)17-9-11-18(12-10-17)25-14-15-5-3-2-4-6-15/h2-6,9-13,16H,7-8,14H2,1H3,(H,22,23,24). The fraction of sp³-hybridized carbons (Fsp3) is 0.238. The van der Waals surface area contributed by atoms with E-state index >= 15 is 0 Å². The van der Waals surface area contributed by atoms with Crippen molar-refractivity contribution < 1.29 is 4.74 Å². The largest absolute Gasteiger partial charge is 0.489 e. The van der Waals surface area contributed by atoms with Gasteiger partial charge in [-0.05, 0) is 42.7 Å². The number of nitrogens with one attached hydrogen (secondary N) is 1. The van der Waals surface area contributed by atoms with Gasteiger partial charge < -0.3 is 10.1 Å². The zero-order valence-corrected chi connectivity index (χ0v) is 14.3. The molecule has 1 aliphatic carbocycles. The molecule has 126 valence electrons. The molecule has 1 heterocycles. The van der Waals surface area contributed by atoms with Crippen LogP contribution in [-0.4, -0.2) is 17.0 Å². The van der Waals surface area contributed by atoms with E-state index in [-0.39, 0.29) is 0 Å². The lowest BCUT2D eigenvalue weighted by molar-refractivity contribution is 0.306. The second-order valence-electron chi connectivity index (χ2n) is 6.32. The van der Waals surface area contributed by atoms with Gasteiger partial charge in [-0.1, -0.05) is 30.3 Å². The van der Waals surface area contributed by atoms with E-state index in [1.54, 1.807) is 0 Å². The third kappa shape index (κ3) is 3.79. The Bertz CT molecular complexity index is 843. The maximum atomic E-state index is 5.85. The lowest BCUT2D eigenvalue weighted by atomic mass is 10.2. The number of benzene rings is 2. The maximum absolute atomic E-state index is 5.85. The summed E-state index contributed by atoms with van der Waals surface area (Å²) >= 11 is 0. The van der Waals surface area contributed by atoms with Gasteiger partial charge in [-0.15, -0.1) is 0 Å². The molecule has 1 saturated carbocycles. The SMILES string of the molecule is CNc1cc(C2CC2)nc(-c2ccc(OCc3ccccc3)cc2)n1. The fourth-order valence-electron chi connectivity index (χ4n) is 2.75. The van der Waals surface area contributed by atoms with Crippen molar-refractivity contribution in [2.75, 3.05) is 12.4 Å². The molecule has 3 aromatic rings. The van der Waals surface area contributed by atoms with Crippen molar-refractivity contribution in [3.05, 3.63) is 71.9 Å². The van der Waals surface area contributed by atoms with E-state index < -0.39 is 0 Å². The second kappa shape index (κ2) is 6.93. The Balaban J connectivity index is 1.51. The van der Waals surface area contributed by atoms with Gasteiger partial charge in [-0.3, -0.25) is 0 Å². The number of anilines is 1. The summed E-state index contributed by atoms with van der Waals surface area (Å²) < 4.78 is 5.85. The number of ether oxygens (including phenoxy) is 1. The fourth-order valence-corrected chi connectivity index (χ4v) is 2.75. The summed E-state index contributed by atoms with van der Waals surface area (Å²) in [7, 11) is 1.89. The van der Waals surface area contributed by atoms with Crippen LogP contribution in [0.1, 0.15) is 30.0 Å². The van der Waals surface area contributed by atoms with E-state index in [2.05, 4.69) is 28.5 Å². The minimum absolute atomic E-state index is 0.567.